The van der Waals surface area contributed by atoms with Crippen molar-refractivity contribution < 1.29 is 19.4 Å². The Morgan fingerprint density at radius 3 is 2.30 bits per heavy atom. The van der Waals surface area contributed by atoms with Crippen molar-refractivity contribution in [1.29, 1.82) is 0 Å². The second kappa shape index (κ2) is 8.81. The minimum absolute atomic E-state index is 0.0267. The normalized spacial score (nSPS) is 21.3. The molecule has 2 aromatic carbocycles. The number of piperidine rings is 1. The van der Waals surface area contributed by atoms with Gasteiger partial charge in [-0.1, -0.05) is 60.7 Å². The third kappa shape index (κ3) is 4.30. The van der Waals surface area contributed by atoms with Crippen LogP contribution in [0.15, 0.2) is 66.7 Å². The number of benzene rings is 2. The number of hydrogen-bond donors (Lipinski definition) is 1. The lowest BCUT2D eigenvalue weighted by Crippen LogP contribution is -2.57. The highest BCUT2D eigenvalue weighted by Crippen LogP contribution is 2.38. The van der Waals surface area contributed by atoms with Crippen LogP contribution in [0.5, 0.6) is 0 Å². The van der Waals surface area contributed by atoms with Crippen molar-refractivity contribution in [3.05, 3.63) is 77.9 Å². The second-order valence-corrected chi connectivity index (χ2v) is 7.83. The Kier molecular flexibility index (Phi) is 5.97. The van der Waals surface area contributed by atoms with Gasteiger partial charge >= 0.3 is 5.97 Å². The van der Waals surface area contributed by atoms with Gasteiger partial charge in [-0.15, -0.1) is 0 Å². The van der Waals surface area contributed by atoms with Crippen molar-refractivity contribution in [3.8, 4) is 0 Å². The number of aliphatic carboxylic acids is 1. The lowest BCUT2D eigenvalue weighted by molar-refractivity contribution is -0.162. The fourth-order valence-electron chi connectivity index (χ4n) is 4.30. The van der Waals surface area contributed by atoms with E-state index in [1.54, 1.807) is 6.08 Å². The first-order chi connectivity index (χ1) is 14.6. The highest BCUT2D eigenvalue weighted by Gasteiger charge is 2.53. The maximum absolute atomic E-state index is 13.1. The van der Waals surface area contributed by atoms with Crippen molar-refractivity contribution >= 4 is 18.0 Å². The molecule has 2 aromatic rings. The molecule has 0 radical (unpaired) electrons. The van der Waals surface area contributed by atoms with Crippen molar-refractivity contribution in [1.82, 2.24) is 9.80 Å². The zero-order valence-corrected chi connectivity index (χ0v) is 16.8. The molecule has 2 heterocycles. The fraction of sp³-hybridized carbons (Fsp3) is 0.333. The molecule has 2 aliphatic rings. The first-order valence-electron chi connectivity index (χ1n) is 10.3. The zero-order chi connectivity index (χ0) is 21.0. The number of likely N-dealkylation sites (tertiary alicyclic amines) is 1. The van der Waals surface area contributed by atoms with Crippen LogP contribution in [0.2, 0.25) is 0 Å². The number of amides is 1. The van der Waals surface area contributed by atoms with Crippen LogP contribution >= 0.6 is 0 Å². The summed E-state index contributed by atoms with van der Waals surface area (Å²) in [7, 11) is 0. The van der Waals surface area contributed by atoms with Crippen molar-refractivity contribution in [2.75, 3.05) is 19.7 Å². The van der Waals surface area contributed by atoms with E-state index in [4.69, 9.17) is 4.74 Å². The van der Waals surface area contributed by atoms with Crippen LogP contribution in [-0.2, 0) is 20.9 Å². The highest BCUT2D eigenvalue weighted by molar-refractivity contribution is 5.95. The molecule has 30 heavy (non-hydrogen) atoms. The lowest BCUT2D eigenvalue weighted by atomic mass is 9.97. The van der Waals surface area contributed by atoms with Gasteiger partial charge in [-0.3, -0.25) is 14.6 Å². The number of ether oxygens (including phenoxy) is 1. The Bertz CT molecular complexity index is 905. The third-order valence-electron chi connectivity index (χ3n) is 5.89. The van der Waals surface area contributed by atoms with E-state index in [-0.39, 0.29) is 12.5 Å². The van der Waals surface area contributed by atoms with Gasteiger partial charge in [0.25, 0.3) is 0 Å². The van der Waals surface area contributed by atoms with E-state index in [0.717, 1.165) is 25.2 Å². The molecule has 1 amide bonds. The Morgan fingerprint density at radius 1 is 1.03 bits per heavy atom. The summed E-state index contributed by atoms with van der Waals surface area (Å²) in [5, 5.41) is 9.67. The van der Waals surface area contributed by atoms with Crippen molar-refractivity contribution in [2.24, 2.45) is 0 Å². The molecule has 1 unspecified atom stereocenters. The number of carbonyl (C=O) groups is 2. The van der Waals surface area contributed by atoms with Gasteiger partial charge in [0.15, 0.2) is 6.04 Å². The van der Waals surface area contributed by atoms with Gasteiger partial charge in [-0.2, -0.15) is 0 Å². The second-order valence-electron chi connectivity index (χ2n) is 7.83. The Hall–Kier alpha value is -2.96. The summed E-state index contributed by atoms with van der Waals surface area (Å²) < 4.78 is 6.00. The predicted octanol–water partition coefficient (Wildman–Crippen LogP) is 3.00. The van der Waals surface area contributed by atoms with E-state index >= 15 is 0 Å². The Morgan fingerprint density at radius 2 is 1.67 bits per heavy atom. The molecule has 0 aromatic heterocycles. The maximum atomic E-state index is 13.1. The third-order valence-corrected chi connectivity index (χ3v) is 5.89. The number of carbonyl (C=O) groups excluding carboxylic acids is 1. The average molecular weight is 406 g/mol. The topological polar surface area (TPSA) is 70.1 Å². The standard InChI is InChI=1S/C24H26N2O4/c27-22(12-11-19-7-3-1-4-8-19)26-21(23(28)29)18-30-24(26)13-15-25(16-14-24)17-20-9-5-2-6-10-20/h1-12,21H,13-18H2,(H,28,29). The monoisotopic (exact) mass is 406 g/mol. The first-order valence-corrected chi connectivity index (χ1v) is 10.3. The van der Waals surface area contributed by atoms with Gasteiger partial charge in [0, 0.05) is 38.6 Å². The lowest BCUT2D eigenvalue weighted by Gasteiger charge is -2.44. The first kappa shape index (κ1) is 20.3. The minimum Gasteiger partial charge on any atom is -0.480 e. The van der Waals surface area contributed by atoms with Crippen LogP contribution in [0.25, 0.3) is 6.08 Å². The highest BCUT2D eigenvalue weighted by atomic mass is 16.5. The summed E-state index contributed by atoms with van der Waals surface area (Å²) in [6.07, 6.45) is 4.36. The number of hydrogen-bond acceptors (Lipinski definition) is 4. The van der Waals surface area contributed by atoms with Gasteiger partial charge in [-0.05, 0) is 17.2 Å². The molecule has 1 spiro atoms. The molecule has 6 heteroatoms. The molecule has 0 saturated carbocycles. The molecule has 0 bridgehead atoms. The van der Waals surface area contributed by atoms with Crippen molar-refractivity contribution in [2.45, 2.75) is 31.2 Å². The summed E-state index contributed by atoms with van der Waals surface area (Å²) in [6, 6.07) is 18.8. The summed E-state index contributed by atoms with van der Waals surface area (Å²) in [6.45, 7) is 2.35. The van der Waals surface area contributed by atoms with Crippen LogP contribution in [-0.4, -0.2) is 58.2 Å². The molecule has 4 rings (SSSR count). The molecule has 2 aliphatic heterocycles. The fourth-order valence-corrected chi connectivity index (χ4v) is 4.30. The van der Waals surface area contributed by atoms with Crippen LogP contribution in [0.4, 0.5) is 0 Å². The molecule has 2 saturated heterocycles. The van der Waals surface area contributed by atoms with E-state index in [9.17, 15) is 14.7 Å². The van der Waals surface area contributed by atoms with Gasteiger partial charge in [0.2, 0.25) is 5.91 Å². The molecule has 2 fully saturated rings. The Labute approximate surface area is 176 Å². The summed E-state index contributed by atoms with van der Waals surface area (Å²) in [5.74, 6) is -1.35. The van der Waals surface area contributed by atoms with E-state index in [2.05, 4.69) is 17.0 Å². The SMILES string of the molecule is O=C(O)C1COC2(CCN(Cc3ccccc3)CC2)N1C(=O)C=Cc1ccccc1. The molecule has 1 atom stereocenters. The van der Waals surface area contributed by atoms with Crippen LogP contribution in [0.3, 0.4) is 0 Å². The van der Waals surface area contributed by atoms with Crippen molar-refractivity contribution in [3.63, 3.8) is 0 Å². The van der Waals surface area contributed by atoms with E-state index in [0.29, 0.717) is 12.8 Å². The van der Waals surface area contributed by atoms with E-state index in [1.807, 2.05) is 48.5 Å². The van der Waals surface area contributed by atoms with Gasteiger partial charge < -0.3 is 9.84 Å². The van der Waals surface area contributed by atoms with Crippen LogP contribution in [0, 0.1) is 0 Å². The molecule has 156 valence electrons. The largest absolute Gasteiger partial charge is 0.480 e. The number of carboxylic acid groups (broad SMARTS) is 1. The predicted molar refractivity (Wildman–Crippen MR) is 113 cm³/mol. The van der Waals surface area contributed by atoms with Crippen LogP contribution < -0.4 is 0 Å². The maximum Gasteiger partial charge on any atom is 0.328 e. The number of carboxylic acids is 1. The number of nitrogens with zero attached hydrogens (tertiary/aromatic N) is 2. The molecule has 1 N–H and O–H groups in total. The summed E-state index contributed by atoms with van der Waals surface area (Å²) in [5.41, 5.74) is 1.28. The molecule has 6 nitrogen and oxygen atoms in total. The van der Waals surface area contributed by atoms with Gasteiger partial charge in [-0.25, -0.2) is 4.79 Å². The summed E-state index contributed by atoms with van der Waals surface area (Å²) >= 11 is 0. The number of rotatable bonds is 5. The Balaban J connectivity index is 1.48. The molecule has 0 aliphatic carbocycles. The van der Waals surface area contributed by atoms with Crippen LogP contribution in [0.1, 0.15) is 24.0 Å². The average Bonchev–Trinajstić information content (AvgIpc) is 3.14. The van der Waals surface area contributed by atoms with Gasteiger partial charge in [0.05, 0.1) is 6.61 Å². The quantitative estimate of drug-likeness (QED) is 0.773. The van der Waals surface area contributed by atoms with Gasteiger partial charge in [0.1, 0.15) is 5.72 Å². The smallest absolute Gasteiger partial charge is 0.328 e. The van der Waals surface area contributed by atoms with E-state index in [1.165, 1.54) is 16.5 Å². The summed E-state index contributed by atoms with van der Waals surface area (Å²) in [4.78, 5) is 28.6. The molecular weight excluding hydrogens is 380 g/mol. The molecular formula is C24H26N2O4. The minimum atomic E-state index is -1.03. The van der Waals surface area contributed by atoms with E-state index < -0.39 is 17.7 Å². The zero-order valence-electron chi connectivity index (χ0n) is 16.8.